The lowest BCUT2D eigenvalue weighted by Gasteiger charge is -2.19. The Balaban J connectivity index is 3.00. The van der Waals surface area contributed by atoms with Gasteiger partial charge in [-0.05, 0) is 24.5 Å². The van der Waals surface area contributed by atoms with Crippen molar-refractivity contribution in [2.75, 3.05) is 13.6 Å². The Labute approximate surface area is 114 Å². The molecule has 1 aromatic rings. The van der Waals surface area contributed by atoms with E-state index < -0.39 is 10.0 Å². The number of primary sulfonamides is 1. The van der Waals surface area contributed by atoms with E-state index in [1.807, 2.05) is 0 Å². The number of hydrogen-bond donors (Lipinski definition) is 1. The first kappa shape index (κ1) is 15.7. The number of amides is 1. The monoisotopic (exact) mass is 284 g/mol. The fraction of sp³-hybridized carbons (Fsp3) is 0.462. The zero-order chi connectivity index (χ0) is 14.6. The van der Waals surface area contributed by atoms with Gasteiger partial charge in [0.15, 0.2) is 0 Å². The zero-order valence-electron chi connectivity index (χ0n) is 11.5. The SMILES string of the molecule is CC(C)CCN(C)C(=O)c1ccccc1S(N)(=O)=O. The Morgan fingerprint density at radius 2 is 1.89 bits per heavy atom. The molecule has 1 aromatic carbocycles. The molecule has 0 bridgehead atoms. The lowest BCUT2D eigenvalue weighted by molar-refractivity contribution is 0.0785. The molecule has 0 aliphatic rings. The molecular weight excluding hydrogens is 264 g/mol. The zero-order valence-corrected chi connectivity index (χ0v) is 12.3. The highest BCUT2D eigenvalue weighted by Crippen LogP contribution is 2.16. The quantitative estimate of drug-likeness (QED) is 0.888. The van der Waals surface area contributed by atoms with Crippen LogP contribution in [0, 0.1) is 5.92 Å². The summed E-state index contributed by atoms with van der Waals surface area (Å²) in [5.74, 6) is 0.147. The molecule has 0 aliphatic heterocycles. The molecule has 0 saturated heterocycles. The standard InChI is InChI=1S/C13H20N2O3S/c1-10(2)8-9-15(3)13(16)11-6-4-5-7-12(11)19(14,17)18/h4-7,10H,8-9H2,1-3H3,(H2,14,17,18). The van der Waals surface area contributed by atoms with Crippen LogP contribution in [0.2, 0.25) is 0 Å². The van der Waals surface area contributed by atoms with Crippen LogP contribution >= 0.6 is 0 Å². The fourth-order valence-electron chi connectivity index (χ4n) is 1.65. The van der Waals surface area contributed by atoms with Gasteiger partial charge in [0.25, 0.3) is 5.91 Å². The summed E-state index contributed by atoms with van der Waals surface area (Å²) in [6.07, 6.45) is 0.861. The molecule has 0 saturated carbocycles. The fourth-order valence-corrected chi connectivity index (χ4v) is 2.38. The van der Waals surface area contributed by atoms with Gasteiger partial charge in [-0.1, -0.05) is 26.0 Å². The topological polar surface area (TPSA) is 80.5 Å². The third-order valence-corrected chi connectivity index (χ3v) is 3.78. The normalized spacial score (nSPS) is 11.6. The maximum absolute atomic E-state index is 12.2. The Morgan fingerprint density at radius 1 is 1.32 bits per heavy atom. The predicted octanol–water partition coefficient (Wildman–Crippen LogP) is 1.45. The second kappa shape index (κ2) is 6.16. The van der Waals surface area contributed by atoms with E-state index >= 15 is 0 Å². The van der Waals surface area contributed by atoms with Crippen LogP contribution < -0.4 is 5.14 Å². The van der Waals surface area contributed by atoms with Crippen LogP contribution in [0.4, 0.5) is 0 Å². The molecule has 0 radical (unpaired) electrons. The van der Waals surface area contributed by atoms with Gasteiger partial charge in [-0.2, -0.15) is 0 Å². The molecule has 0 atom stereocenters. The molecule has 0 heterocycles. The Morgan fingerprint density at radius 3 is 2.42 bits per heavy atom. The lowest BCUT2D eigenvalue weighted by atomic mass is 10.1. The van der Waals surface area contributed by atoms with Crippen molar-refractivity contribution in [1.29, 1.82) is 0 Å². The highest BCUT2D eigenvalue weighted by Gasteiger charge is 2.21. The number of benzene rings is 1. The summed E-state index contributed by atoms with van der Waals surface area (Å²) in [5, 5.41) is 5.12. The van der Waals surface area contributed by atoms with Gasteiger partial charge in [-0.15, -0.1) is 0 Å². The summed E-state index contributed by atoms with van der Waals surface area (Å²) in [7, 11) is -2.23. The van der Waals surface area contributed by atoms with E-state index in [2.05, 4.69) is 13.8 Å². The van der Waals surface area contributed by atoms with Gasteiger partial charge in [-0.3, -0.25) is 4.79 Å². The Bertz CT molecular complexity index is 553. The van der Waals surface area contributed by atoms with E-state index in [-0.39, 0.29) is 16.4 Å². The largest absolute Gasteiger partial charge is 0.342 e. The van der Waals surface area contributed by atoms with Gasteiger partial charge in [0.2, 0.25) is 10.0 Å². The molecule has 0 fully saturated rings. The first-order chi connectivity index (χ1) is 8.73. The minimum Gasteiger partial charge on any atom is -0.342 e. The number of hydrogen-bond acceptors (Lipinski definition) is 3. The van der Waals surface area contributed by atoms with E-state index in [9.17, 15) is 13.2 Å². The summed E-state index contributed by atoms with van der Waals surface area (Å²) in [6, 6.07) is 6.00. The van der Waals surface area contributed by atoms with E-state index in [1.54, 1.807) is 19.2 Å². The van der Waals surface area contributed by atoms with Gasteiger partial charge in [-0.25, -0.2) is 13.6 Å². The molecule has 0 spiro atoms. The van der Waals surface area contributed by atoms with E-state index in [1.165, 1.54) is 17.0 Å². The molecule has 19 heavy (non-hydrogen) atoms. The van der Waals surface area contributed by atoms with Gasteiger partial charge in [0.1, 0.15) is 0 Å². The van der Waals surface area contributed by atoms with Gasteiger partial charge in [0, 0.05) is 13.6 Å². The maximum atomic E-state index is 12.2. The summed E-state index contributed by atoms with van der Waals surface area (Å²) in [5.41, 5.74) is 0.122. The molecule has 0 aromatic heterocycles. The first-order valence-corrected chi connectivity index (χ1v) is 7.65. The molecule has 5 nitrogen and oxygen atoms in total. The van der Waals surface area contributed by atoms with Gasteiger partial charge < -0.3 is 4.90 Å². The predicted molar refractivity (Wildman–Crippen MR) is 74.2 cm³/mol. The first-order valence-electron chi connectivity index (χ1n) is 6.10. The van der Waals surface area contributed by atoms with Crippen molar-refractivity contribution in [2.24, 2.45) is 11.1 Å². The van der Waals surface area contributed by atoms with Gasteiger partial charge >= 0.3 is 0 Å². The van der Waals surface area contributed by atoms with E-state index in [4.69, 9.17) is 5.14 Å². The average Bonchev–Trinajstić information content (AvgIpc) is 2.34. The van der Waals surface area contributed by atoms with Crippen molar-refractivity contribution >= 4 is 15.9 Å². The molecular formula is C13H20N2O3S. The third kappa shape index (κ3) is 4.33. The summed E-state index contributed by atoms with van der Waals surface area (Å²) < 4.78 is 22.9. The van der Waals surface area contributed by atoms with Crippen molar-refractivity contribution in [3.05, 3.63) is 29.8 Å². The number of nitrogens with zero attached hydrogens (tertiary/aromatic N) is 1. The Hall–Kier alpha value is -1.40. The average molecular weight is 284 g/mol. The number of nitrogens with two attached hydrogens (primary N) is 1. The number of carbonyl (C=O) groups excluding carboxylic acids is 1. The smallest absolute Gasteiger partial charge is 0.254 e. The molecule has 1 amide bonds. The second-order valence-corrected chi connectivity index (χ2v) is 6.48. The number of sulfonamides is 1. The van der Waals surface area contributed by atoms with Crippen LogP contribution in [0.25, 0.3) is 0 Å². The Kier molecular flexibility index (Phi) is 5.08. The number of carbonyl (C=O) groups is 1. The molecule has 1 rings (SSSR count). The van der Waals surface area contributed by atoms with Crippen molar-refractivity contribution in [1.82, 2.24) is 4.90 Å². The van der Waals surface area contributed by atoms with Crippen LogP contribution in [0.15, 0.2) is 29.2 Å². The van der Waals surface area contributed by atoms with E-state index in [0.717, 1.165) is 6.42 Å². The van der Waals surface area contributed by atoms with Crippen molar-refractivity contribution in [3.63, 3.8) is 0 Å². The van der Waals surface area contributed by atoms with Crippen LogP contribution in [0.1, 0.15) is 30.6 Å². The second-order valence-electron chi connectivity index (χ2n) is 4.95. The van der Waals surface area contributed by atoms with Crippen molar-refractivity contribution in [2.45, 2.75) is 25.2 Å². The summed E-state index contributed by atoms with van der Waals surface area (Å²) >= 11 is 0. The minimum absolute atomic E-state index is 0.122. The molecule has 0 unspecified atom stereocenters. The van der Waals surface area contributed by atoms with Crippen LogP contribution in [0.5, 0.6) is 0 Å². The summed E-state index contributed by atoms with van der Waals surface area (Å²) in [4.78, 5) is 13.6. The van der Waals surface area contributed by atoms with Gasteiger partial charge in [0.05, 0.1) is 10.5 Å². The maximum Gasteiger partial charge on any atom is 0.254 e. The van der Waals surface area contributed by atoms with Crippen molar-refractivity contribution < 1.29 is 13.2 Å². The van der Waals surface area contributed by atoms with Crippen LogP contribution in [-0.4, -0.2) is 32.8 Å². The molecule has 0 aliphatic carbocycles. The van der Waals surface area contributed by atoms with Crippen molar-refractivity contribution in [3.8, 4) is 0 Å². The molecule has 2 N–H and O–H groups in total. The minimum atomic E-state index is -3.89. The summed E-state index contributed by atoms with van der Waals surface area (Å²) in [6.45, 7) is 4.71. The van der Waals surface area contributed by atoms with Crippen LogP contribution in [-0.2, 0) is 10.0 Å². The van der Waals surface area contributed by atoms with Crippen LogP contribution in [0.3, 0.4) is 0 Å². The van der Waals surface area contributed by atoms with E-state index in [0.29, 0.717) is 12.5 Å². The molecule has 6 heteroatoms. The third-order valence-electron chi connectivity index (χ3n) is 2.81. The highest BCUT2D eigenvalue weighted by molar-refractivity contribution is 7.89. The molecule has 106 valence electrons. The highest BCUT2D eigenvalue weighted by atomic mass is 32.2. The lowest BCUT2D eigenvalue weighted by Crippen LogP contribution is -2.30. The number of rotatable bonds is 5.